The molecule has 0 aromatic heterocycles. The maximum atomic E-state index is 12.8. The van der Waals surface area contributed by atoms with Gasteiger partial charge in [0.05, 0.1) is 22.2 Å². The zero-order valence-corrected chi connectivity index (χ0v) is 12.7. The molecule has 0 heterocycles. The van der Waals surface area contributed by atoms with Crippen LogP contribution in [0.2, 0.25) is 5.02 Å². The standard InChI is InChI=1S/C14H7ClF3NO3S/c15-13-6-5-11(7-12(13)14(16,17)18)23(20,21)22-10-3-1-9(8-19)2-4-10/h1-7H. The predicted molar refractivity (Wildman–Crippen MR) is 75.4 cm³/mol. The summed E-state index contributed by atoms with van der Waals surface area (Å²) < 4.78 is 67.2. The summed E-state index contributed by atoms with van der Waals surface area (Å²) in [5.74, 6) is -0.132. The lowest BCUT2D eigenvalue weighted by molar-refractivity contribution is -0.137. The van der Waals surface area contributed by atoms with Gasteiger partial charge in [-0.2, -0.15) is 26.9 Å². The van der Waals surface area contributed by atoms with E-state index in [2.05, 4.69) is 0 Å². The van der Waals surface area contributed by atoms with E-state index >= 15 is 0 Å². The minimum absolute atomic E-state index is 0.132. The van der Waals surface area contributed by atoms with Crippen molar-refractivity contribution in [1.82, 2.24) is 0 Å². The third kappa shape index (κ3) is 3.94. The van der Waals surface area contributed by atoms with Crippen LogP contribution in [0.1, 0.15) is 11.1 Å². The molecule has 0 aliphatic rings. The highest BCUT2D eigenvalue weighted by molar-refractivity contribution is 7.87. The molecule has 120 valence electrons. The van der Waals surface area contributed by atoms with Gasteiger partial charge in [-0.3, -0.25) is 0 Å². The third-order valence-electron chi connectivity index (χ3n) is 2.72. The van der Waals surface area contributed by atoms with Crippen molar-refractivity contribution < 1.29 is 25.8 Å². The highest BCUT2D eigenvalue weighted by atomic mass is 35.5. The van der Waals surface area contributed by atoms with E-state index < -0.39 is 31.8 Å². The lowest BCUT2D eigenvalue weighted by Gasteiger charge is -2.12. The molecule has 0 radical (unpaired) electrons. The van der Waals surface area contributed by atoms with Gasteiger partial charge in [0, 0.05) is 0 Å². The van der Waals surface area contributed by atoms with Crippen LogP contribution in [0.4, 0.5) is 13.2 Å². The van der Waals surface area contributed by atoms with Gasteiger partial charge in [0.2, 0.25) is 0 Å². The van der Waals surface area contributed by atoms with Gasteiger partial charge >= 0.3 is 16.3 Å². The third-order valence-corrected chi connectivity index (χ3v) is 4.29. The Hall–Kier alpha value is -2.24. The number of rotatable bonds is 3. The van der Waals surface area contributed by atoms with Crippen molar-refractivity contribution in [2.75, 3.05) is 0 Å². The van der Waals surface area contributed by atoms with Gasteiger partial charge in [-0.1, -0.05) is 11.6 Å². The Morgan fingerprint density at radius 2 is 1.70 bits per heavy atom. The van der Waals surface area contributed by atoms with Crippen molar-refractivity contribution in [2.24, 2.45) is 0 Å². The number of alkyl halides is 3. The van der Waals surface area contributed by atoms with Crippen molar-refractivity contribution >= 4 is 21.7 Å². The number of nitrogens with zero attached hydrogens (tertiary/aromatic N) is 1. The number of hydrogen-bond acceptors (Lipinski definition) is 4. The predicted octanol–water partition coefficient (Wildman–Crippen LogP) is 4.00. The highest BCUT2D eigenvalue weighted by Gasteiger charge is 2.34. The SMILES string of the molecule is N#Cc1ccc(OS(=O)(=O)c2ccc(Cl)c(C(F)(F)F)c2)cc1. The van der Waals surface area contributed by atoms with Crippen LogP contribution >= 0.6 is 11.6 Å². The second-order valence-electron chi connectivity index (χ2n) is 4.31. The summed E-state index contributed by atoms with van der Waals surface area (Å²) in [6.45, 7) is 0. The Balaban J connectivity index is 2.38. The fraction of sp³-hybridized carbons (Fsp3) is 0.0714. The van der Waals surface area contributed by atoms with E-state index in [1.54, 1.807) is 0 Å². The van der Waals surface area contributed by atoms with Crippen molar-refractivity contribution in [2.45, 2.75) is 11.1 Å². The fourth-order valence-electron chi connectivity index (χ4n) is 1.64. The number of nitriles is 1. The van der Waals surface area contributed by atoms with Crippen molar-refractivity contribution in [3.8, 4) is 11.8 Å². The first-order valence-corrected chi connectivity index (χ1v) is 7.73. The summed E-state index contributed by atoms with van der Waals surface area (Å²) in [5.41, 5.74) is -0.996. The Morgan fingerprint density at radius 3 is 2.22 bits per heavy atom. The monoisotopic (exact) mass is 361 g/mol. The molecule has 2 rings (SSSR count). The van der Waals surface area contributed by atoms with Crippen LogP contribution in [-0.2, 0) is 16.3 Å². The zero-order valence-electron chi connectivity index (χ0n) is 11.1. The molecule has 2 aromatic carbocycles. The van der Waals surface area contributed by atoms with E-state index in [-0.39, 0.29) is 11.3 Å². The highest BCUT2D eigenvalue weighted by Crippen LogP contribution is 2.36. The molecule has 0 aliphatic carbocycles. The Bertz CT molecular complexity index is 872. The van der Waals surface area contributed by atoms with Crippen molar-refractivity contribution in [3.63, 3.8) is 0 Å². The minimum atomic E-state index is -4.79. The van der Waals surface area contributed by atoms with E-state index in [4.69, 9.17) is 21.0 Å². The van der Waals surface area contributed by atoms with E-state index in [0.717, 1.165) is 12.1 Å². The summed E-state index contributed by atoms with van der Waals surface area (Å²) in [6, 6.07) is 9.05. The summed E-state index contributed by atoms with van der Waals surface area (Å²) in [6.07, 6.45) is -4.79. The number of halogens is 4. The molecule has 9 heteroatoms. The molecule has 0 atom stereocenters. The second kappa shape index (κ2) is 6.10. The Labute approximate surface area is 134 Å². The van der Waals surface area contributed by atoms with Crippen LogP contribution in [-0.4, -0.2) is 8.42 Å². The molecular formula is C14H7ClF3NO3S. The summed E-state index contributed by atoms with van der Waals surface area (Å²) in [7, 11) is -4.47. The first-order chi connectivity index (χ1) is 10.6. The van der Waals surface area contributed by atoms with Gasteiger partial charge in [-0.25, -0.2) is 0 Å². The van der Waals surface area contributed by atoms with Gasteiger partial charge in [0.15, 0.2) is 0 Å². The van der Waals surface area contributed by atoms with E-state index in [1.807, 2.05) is 6.07 Å². The van der Waals surface area contributed by atoms with Gasteiger partial charge in [-0.05, 0) is 42.5 Å². The Kier molecular flexibility index (Phi) is 4.54. The molecule has 0 saturated heterocycles. The molecule has 0 unspecified atom stereocenters. The van der Waals surface area contributed by atoms with Gasteiger partial charge < -0.3 is 4.18 Å². The lowest BCUT2D eigenvalue weighted by atomic mass is 10.2. The molecular weight excluding hydrogens is 355 g/mol. The van der Waals surface area contributed by atoms with Crippen LogP contribution in [0.15, 0.2) is 47.4 Å². The quantitative estimate of drug-likeness (QED) is 0.775. The number of hydrogen-bond donors (Lipinski definition) is 0. The maximum Gasteiger partial charge on any atom is 0.417 e. The van der Waals surface area contributed by atoms with E-state index in [1.165, 1.54) is 24.3 Å². The molecule has 0 N–H and O–H groups in total. The number of benzene rings is 2. The van der Waals surface area contributed by atoms with Crippen molar-refractivity contribution in [1.29, 1.82) is 5.26 Å². The molecule has 0 amide bonds. The van der Waals surface area contributed by atoms with Gasteiger partial charge in [-0.15, -0.1) is 0 Å². The molecule has 23 heavy (non-hydrogen) atoms. The van der Waals surface area contributed by atoms with Gasteiger partial charge in [0.25, 0.3) is 0 Å². The molecule has 0 fully saturated rings. The molecule has 2 aromatic rings. The first-order valence-electron chi connectivity index (χ1n) is 5.95. The van der Waals surface area contributed by atoms with Gasteiger partial charge in [0.1, 0.15) is 10.6 Å². The fourth-order valence-corrected chi connectivity index (χ4v) is 2.82. The maximum absolute atomic E-state index is 12.8. The summed E-state index contributed by atoms with van der Waals surface area (Å²) >= 11 is 5.44. The summed E-state index contributed by atoms with van der Waals surface area (Å²) in [5, 5.41) is 8.03. The molecule has 0 spiro atoms. The molecule has 4 nitrogen and oxygen atoms in total. The largest absolute Gasteiger partial charge is 0.417 e. The molecule has 0 saturated carbocycles. The molecule has 0 aliphatic heterocycles. The van der Waals surface area contributed by atoms with Crippen LogP contribution in [0.3, 0.4) is 0 Å². The zero-order chi connectivity index (χ0) is 17.3. The average molecular weight is 362 g/mol. The van der Waals surface area contributed by atoms with E-state index in [0.29, 0.717) is 6.07 Å². The van der Waals surface area contributed by atoms with Crippen LogP contribution in [0.5, 0.6) is 5.75 Å². The Morgan fingerprint density at radius 1 is 1.09 bits per heavy atom. The topological polar surface area (TPSA) is 67.2 Å². The minimum Gasteiger partial charge on any atom is -0.379 e. The summed E-state index contributed by atoms with van der Waals surface area (Å²) in [4.78, 5) is -0.682. The van der Waals surface area contributed by atoms with Crippen LogP contribution in [0, 0.1) is 11.3 Å². The second-order valence-corrected chi connectivity index (χ2v) is 6.27. The normalized spacial score (nSPS) is 11.8. The first kappa shape index (κ1) is 17.1. The smallest absolute Gasteiger partial charge is 0.379 e. The van der Waals surface area contributed by atoms with Crippen LogP contribution < -0.4 is 4.18 Å². The lowest BCUT2D eigenvalue weighted by Crippen LogP contribution is -2.12. The molecule has 0 bridgehead atoms. The average Bonchev–Trinajstić information content (AvgIpc) is 2.46. The van der Waals surface area contributed by atoms with Crippen LogP contribution in [0.25, 0.3) is 0 Å². The van der Waals surface area contributed by atoms with Crippen molar-refractivity contribution in [3.05, 3.63) is 58.6 Å². The van der Waals surface area contributed by atoms with E-state index in [9.17, 15) is 21.6 Å².